The standard InChI is InChI=1S/C25H26FN3O3/c26-15-5-11-21-19(13-15)24(22-2-1-3-23(31)29(21)22)14-4-10-18(25(27)32)20(12-14)28-16-6-8-17(30)9-7-16/h4-5,10-13,16-17,28,30H,1-3,6-9H2,(H2,27,32)/t16-,17-. The van der Waals surface area contributed by atoms with Gasteiger partial charge >= 0.3 is 0 Å². The van der Waals surface area contributed by atoms with E-state index in [2.05, 4.69) is 5.32 Å². The molecule has 5 rings (SSSR count). The van der Waals surface area contributed by atoms with E-state index in [1.165, 1.54) is 12.1 Å². The number of amides is 1. The molecule has 0 spiro atoms. The van der Waals surface area contributed by atoms with Crippen LogP contribution in [-0.4, -0.2) is 33.6 Å². The summed E-state index contributed by atoms with van der Waals surface area (Å²) >= 11 is 0. The van der Waals surface area contributed by atoms with Crippen molar-refractivity contribution in [3.8, 4) is 11.1 Å². The molecule has 0 unspecified atom stereocenters. The van der Waals surface area contributed by atoms with E-state index in [-0.39, 0.29) is 23.9 Å². The molecule has 1 amide bonds. The number of hydrogen-bond donors (Lipinski definition) is 3. The van der Waals surface area contributed by atoms with Crippen molar-refractivity contribution in [2.24, 2.45) is 5.73 Å². The fourth-order valence-corrected chi connectivity index (χ4v) is 5.15. The van der Waals surface area contributed by atoms with Crippen LogP contribution in [0.15, 0.2) is 36.4 Å². The first kappa shape index (κ1) is 20.7. The van der Waals surface area contributed by atoms with E-state index >= 15 is 0 Å². The molecule has 1 fully saturated rings. The SMILES string of the molecule is NC(=O)c1ccc(-c2c3n(c4ccc(F)cc24)C(=O)CCC3)cc1N[C@H]1CC[C@H](O)CC1. The van der Waals surface area contributed by atoms with Gasteiger partial charge in [0.05, 0.1) is 17.2 Å². The number of carbonyl (C=O) groups excluding carboxylic acids is 2. The van der Waals surface area contributed by atoms with E-state index in [1.54, 1.807) is 16.7 Å². The van der Waals surface area contributed by atoms with Gasteiger partial charge in [0.2, 0.25) is 5.91 Å². The molecule has 7 heteroatoms. The number of rotatable bonds is 4. The van der Waals surface area contributed by atoms with E-state index in [0.717, 1.165) is 42.5 Å². The Morgan fingerprint density at radius 1 is 1.09 bits per heavy atom. The van der Waals surface area contributed by atoms with Crippen LogP contribution >= 0.6 is 0 Å². The van der Waals surface area contributed by atoms with E-state index in [0.29, 0.717) is 41.4 Å². The lowest BCUT2D eigenvalue weighted by Gasteiger charge is -2.28. The summed E-state index contributed by atoms with van der Waals surface area (Å²) in [5, 5.41) is 13.9. The number of nitrogens with one attached hydrogen (secondary N) is 1. The maximum Gasteiger partial charge on any atom is 0.250 e. The number of aliphatic hydroxyl groups excluding tert-OH is 1. The van der Waals surface area contributed by atoms with E-state index in [1.807, 2.05) is 12.1 Å². The van der Waals surface area contributed by atoms with Crippen LogP contribution in [0.25, 0.3) is 22.0 Å². The first-order chi connectivity index (χ1) is 15.4. The van der Waals surface area contributed by atoms with Crippen LogP contribution in [0.4, 0.5) is 10.1 Å². The molecule has 1 aromatic heterocycles. The Bertz CT molecular complexity index is 1220. The normalized spacial score (nSPS) is 20.9. The molecule has 0 atom stereocenters. The number of nitrogens with two attached hydrogens (primary N) is 1. The highest BCUT2D eigenvalue weighted by molar-refractivity contribution is 6.06. The topological polar surface area (TPSA) is 97.4 Å². The molecule has 1 aliphatic carbocycles. The lowest BCUT2D eigenvalue weighted by atomic mass is 9.92. The summed E-state index contributed by atoms with van der Waals surface area (Å²) < 4.78 is 15.9. The Morgan fingerprint density at radius 3 is 2.62 bits per heavy atom. The van der Waals surface area contributed by atoms with Crippen molar-refractivity contribution >= 4 is 28.4 Å². The zero-order chi connectivity index (χ0) is 22.4. The fourth-order valence-electron chi connectivity index (χ4n) is 5.15. The molecular formula is C25H26FN3O3. The van der Waals surface area contributed by atoms with Gasteiger partial charge in [-0.15, -0.1) is 0 Å². The van der Waals surface area contributed by atoms with Crippen LogP contribution in [0.5, 0.6) is 0 Å². The molecule has 4 N–H and O–H groups in total. The molecule has 2 aromatic carbocycles. The minimum Gasteiger partial charge on any atom is -0.393 e. The summed E-state index contributed by atoms with van der Waals surface area (Å²) in [5.74, 6) is -0.871. The second-order valence-corrected chi connectivity index (χ2v) is 8.84. The van der Waals surface area contributed by atoms with Crippen LogP contribution in [0.3, 0.4) is 0 Å². The Balaban J connectivity index is 1.65. The third-order valence-electron chi connectivity index (χ3n) is 6.71. The van der Waals surface area contributed by atoms with Gasteiger partial charge in [-0.05, 0) is 74.4 Å². The molecule has 166 valence electrons. The van der Waals surface area contributed by atoms with Crippen molar-refractivity contribution in [1.82, 2.24) is 4.57 Å². The zero-order valence-electron chi connectivity index (χ0n) is 17.7. The Labute approximate surface area is 185 Å². The Morgan fingerprint density at radius 2 is 1.88 bits per heavy atom. The largest absolute Gasteiger partial charge is 0.393 e. The number of anilines is 1. The van der Waals surface area contributed by atoms with Crippen LogP contribution in [0, 0.1) is 5.82 Å². The highest BCUT2D eigenvalue weighted by Crippen LogP contribution is 2.40. The molecule has 0 radical (unpaired) electrons. The number of halogens is 1. The lowest BCUT2D eigenvalue weighted by Crippen LogP contribution is -2.29. The van der Waals surface area contributed by atoms with Gasteiger partial charge in [0.25, 0.3) is 5.91 Å². The van der Waals surface area contributed by atoms with Gasteiger partial charge < -0.3 is 16.2 Å². The van der Waals surface area contributed by atoms with Crippen molar-refractivity contribution in [2.45, 2.75) is 57.1 Å². The number of benzene rings is 2. The predicted molar refractivity (Wildman–Crippen MR) is 121 cm³/mol. The Hall–Kier alpha value is -3.19. The van der Waals surface area contributed by atoms with E-state index in [9.17, 15) is 19.1 Å². The summed E-state index contributed by atoms with van der Waals surface area (Å²) in [4.78, 5) is 24.8. The van der Waals surface area contributed by atoms with Crippen molar-refractivity contribution in [2.75, 3.05) is 5.32 Å². The van der Waals surface area contributed by atoms with E-state index < -0.39 is 5.91 Å². The highest BCUT2D eigenvalue weighted by Gasteiger charge is 2.27. The molecule has 32 heavy (non-hydrogen) atoms. The average Bonchev–Trinajstić information content (AvgIpc) is 3.09. The second-order valence-electron chi connectivity index (χ2n) is 8.84. The quantitative estimate of drug-likeness (QED) is 0.571. The van der Waals surface area contributed by atoms with Gasteiger partial charge in [-0.25, -0.2) is 4.39 Å². The molecular weight excluding hydrogens is 409 g/mol. The average molecular weight is 435 g/mol. The summed E-state index contributed by atoms with van der Waals surface area (Å²) in [6, 6.07) is 10.0. The van der Waals surface area contributed by atoms with Crippen molar-refractivity contribution in [1.29, 1.82) is 0 Å². The molecule has 6 nitrogen and oxygen atoms in total. The van der Waals surface area contributed by atoms with Crippen molar-refractivity contribution in [3.05, 3.63) is 53.5 Å². The molecule has 0 bridgehead atoms. The minimum atomic E-state index is -0.528. The smallest absolute Gasteiger partial charge is 0.250 e. The molecule has 0 saturated heterocycles. The van der Waals surface area contributed by atoms with Crippen molar-refractivity contribution < 1.29 is 19.1 Å². The first-order valence-corrected chi connectivity index (χ1v) is 11.2. The summed E-state index contributed by atoms with van der Waals surface area (Å²) in [6.07, 6.45) is 4.68. The maximum atomic E-state index is 14.2. The molecule has 2 heterocycles. The number of primary amides is 1. The second kappa shape index (κ2) is 8.06. The molecule has 1 aliphatic heterocycles. The predicted octanol–water partition coefficient (Wildman–Crippen LogP) is 4.24. The number of aromatic nitrogens is 1. The minimum absolute atomic E-state index is 0.0157. The number of nitrogens with zero attached hydrogens (tertiary/aromatic N) is 1. The van der Waals surface area contributed by atoms with Crippen LogP contribution < -0.4 is 11.1 Å². The summed E-state index contributed by atoms with van der Waals surface area (Å²) in [5.41, 5.74) is 9.87. The van der Waals surface area contributed by atoms with Gasteiger partial charge in [-0.1, -0.05) is 6.07 Å². The van der Waals surface area contributed by atoms with Gasteiger partial charge in [0.1, 0.15) is 5.82 Å². The molecule has 3 aromatic rings. The number of aliphatic hydroxyl groups is 1. The lowest BCUT2D eigenvalue weighted by molar-refractivity contribution is 0.0889. The van der Waals surface area contributed by atoms with E-state index in [4.69, 9.17) is 5.73 Å². The van der Waals surface area contributed by atoms with Crippen LogP contribution in [-0.2, 0) is 6.42 Å². The third-order valence-corrected chi connectivity index (χ3v) is 6.71. The number of hydrogen-bond acceptors (Lipinski definition) is 4. The summed E-state index contributed by atoms with van der Waals surface area (Å²) in [6.45, 7) is 0. The number of fused-ring (bicyclic) bond motifs is 3. The van der Waals surface area contributed by atoms with Crippen molar-refractivity contribution in [3.63, 3.8) is 0 Å². The first-order valence-electron chi connectivity index (χ1n) is 11.2. The third kappa shape index (κ3) is 3.56. The monoisotopic (exact) mass is 435 g/mol. The maximum absolute atomic E-state index is 14.2. The Kier molecular flexibility index (Phi) is 5.21. The fraction of sp³-hybridized carbons (Fsp3) is 0.360. The highest BCUT2D eigenvalue weighted by atomic mass is 19.1. The van der Waals surface area contributed by atoms with Crippen LogP contribution in [0.2, 0.25) is 0 Å². The molecule has 2 aliphatic rings. The van der Waals surface area contributed by atoms with Gasteiger partial charge in [-0.3, -0.25) is 14.2 Å². The summed E-state index contributed by atoms with van der Waals surface area (Å²) in [7, 11) is 0. The van der Waals surface area contributed by atoms with Gasteiger partial charge in [0.15, 0.2) is 0 Å². The zero-order valence-corrected chi connectivity index (χ0v) is 17.7. The van der Waals surface area contributed by atoms with Gasteiger partial charge in [-0.2, -0.15) is 0 Å². The number of carbonyl (C=O) groups is 2. The van der Waals surface area contributed by atoms with Crippen LogP contribution in [0.1, 0.15) is 59.4 Å². The van der Waals surface area contributed by atoms with Gasteiger partial charge in [0, 0.05) is 34.8 Å². The molecule has 1 saturated carbocycles.